The van der Waals surface area contributed by atoms with Gasteiger partial charge in [0.2, 0.25) is 5.91 Å². The van der Waals surface area contributed by atoms with Gasteiger partial charge < -0.3 is 9.64 Å². The summed E-state index contributed by atoms with van der Waals surface area (Å²) in [5.41, 5.74) is 1.03. The summed E-state index contributed by atoms with van der Waals surface area (Å²) >= 11 is 5.75. The highest BCUT2D eigenvalue weighted by molar-refractivity contribution is 6.17. The highest BCUT2D eigenvalue weighted by Gasteiger charge is 2.25. The number of hydrogen-bond donors (Lipinski definition) is 0. The Labute approximate surface area is 119 Å². The molecule has 104 valence electrons. The first-order valence-electron chi connectivity index (χ1n) is 6.69. The zero-order valence-corrected chi connectivity index (χ0v) is 12.0. The van der Waals surface area contributed by atoms with Gasteiger partial charge in [0, 0.05) is 19.0 Å². The highest BCUT2D eigenvalue weighted by atomic mass is 35.5. The van der Waals surface area contributed by atoms with Gasteiger partial charge in [-0.1, -0.05) is 12.1 Å². The van der Waals surface area contributed by atoms with Crippen molar-refractivity contribution < 1.29 is 9.53 Å². The number of hydrogen-bond acceptors (Lipinski definition) is 2. The van der Waals surface area contributed by atoms with Crippen LogP contribution >= 0.6 is 11.6 Å². The fourth-order valence-corrected chi connectivity index (χ4v) is 2.79. The van der Waals surface area contributed by atoms with Gasteiger partial charge in [0.1, 0.15) is 5.75 Å². The smallest absolute Gasteiger partial charge is 0.226 e. The molecule has 1 aromatic rings. The van der Waals surface area contributed by atoms with Crippen LogP contribution in [0.2, 0.25) is 0 Å². The van der Waals surface area contributed by atoms with E-state index in [1.807, 2.05) is 29.2 Å². The maximum atomic E-state index is 12.2. The van der Waals surface area contributed by atoms with E-state index in [2.05, 4.69) is 0 Å². The molecule has 0 saturated carbocycles. The Kier molecular flexibility index (Phi) is 5.08. The van der Waals surface area contributed by atoms with Crippen molar-refractivity contribution in [2.45, 2.75) is 19.3 Å². The zero-order valence-electron chi connectivity index (χ0n) is 11.3. The third kappa shape index (κ3) is 3.87. The molecule has 2 rings (SSSR count). The molecular formula is C15H20ClNO2. The molecule has 19 heavy (non-hydrogen) atoms. The average molecular weight is 282 g/mol. The van der Waals surface area contributed by atoms with Crippen molar-refractivity contribution in [1.29, 1.82) is 0 Å². The van der Waals surface area contributed by atoms with Crippen LogP contribution < -0.4 is 4.74 Å². The van der Waals surface area contributed by atoms with Crippen LogP contribution in [0, 0.1) is 5.92 Å². The lowest BCUT2D eigenvalue weighted by atomic mass is 10.1. The maximum absolute atomic E-state index is 12.2. The van der Waals surface area contributed by atoms with E-state index in [4.69, 9.17) is 16.3 Å². The lowest BCUT2D eigenvalue weighted by Gasteiger charge is -2.16. The van der Waals surface area contributed by atoms with E-state index in [0.29, 0.717) is 18.2 Å². The van der Waals surface area contributed by atoms with E-state index in [9.17, 15) is 4.79 Å². The van der Waals surface area contributed by atoms with Gasteiger partial charge in [0.25, 0.3) is 0 Å². The van der Waals surface area contributed by atoms with Crippen LogP contribution in [0.4, 0.5) is 0 Å². The Morgan fingerprint density at radius 2 is 2.16 bits per heavy atom. The third-order valence-corrected chi connectivity index (χ3v) is 3.89. The van der Waals surface area contributed by atoms with Gasteiger partial charge in [0.15, 0.2) is 0 Å². The number of amides is 1. The number of nitrogens with zero attached hydrogens (tertiary/aromatic N) is 1. The summed E-state index contributed by atoms with van der Waals surface area (Å²) in [5, 5.41) is 0. The monoisotopic (exact) mass is 281 g/mol. The second-order valence-electron chi connectivity index (χ2n) is 5.00. The van der Waals surface area contributed by atoms with Gasteiger partial charge in [-0.25, -0.2) is 0 Å². The maximum Gasteiger partial charge on any atom is 0.226 e. The number of likely N-dealkylation sites (tertiary alicyclic amines) is 1. The molecule has 0 radical (unpaired) electrons. The van der Waals surface area contributed by atoms with Crippen molar-refractivity contribution in [3.05, 3.63) is 29.8 Å². The first kappa shape index (κ1) is 14.2. The van der Waals surface area contributed by atoms with Crippen molar-refractivity contribution in [2.75, 3.05) is 26.1 Å². The zero-order chi connectivity index (χ0) is 13.7. The molecule has 1 atom stereocenters. The van der Waals surface area contributed by atoms with Gasteiger partial charge in [-0.15, -0.1) is 11.6 Å². The molecular weight excluding hydrogens is 262 g/mol. The lowest BCUT2D eigenvalue weighted by molar-refractivity contribution is -0.129. The van der Waals surface area contributed by atoms with Crippen LogP contribution in [-0.4, -0.2) is 36.9 Å². The SMILES string of the molecule is COc1ccc(CC(=O)N2CCC(CCCl)C2)cc1. The van der Waals surface area contributed by atoms with Gasteiger partial charge in [-0.05, 0) is 36.5 Å². The van der Waals surface area contributed by atoms with Crippen LogP contribution in [0.3, 0.4) is 0 Å². The Balaban J connectivity index is 1.87. The highest BCUT2D eigenvalue weighted by Crippen LogP contribution is 2.21. The molecule has 1 fully saturated rings. The van der Waals surface area contributed by atoms with E-state index in [0.717, 1.165) is 37.2 Å². The average Bonchev–Trinajstić information content (AvgIpc) is 2.89. The van der Waals surface area contributed by atoms with Gasteiger partial charge in [0.05, 0.1) is 13.5 Å². The normalized spacial score (nSPS) is 18.6. The van der Waals surface area contributed by atoms with Crippen molar-refractivity contribution in [1.82, 2.24) is 4.90 Å². The molecule has 1 aromatic carbocycles. The van der Waals surface area contributed by atoms with Crippen LogP contribution in [0.25, 0.3) is 0 Å². The van der Waals surface area contributed by atoms with Crippen molar-refractivity contribution in [2.24, 2.45) is 5.92 Å². The Morgan fingerprint density at radius 1 is 1.42 bits per heavy atom. The van der Waals surface area contributed by atoms with Crippen LogP contribution in [-0.2, 0) is 11.2 Å². The minimum Gasteiger partial charge on any atom is -0.497 e. The molecule has 1 unspecified atom stereocenters. The number of methoxy groups -OCH3 is 1. The number of carbonyl (C=O) groups is 1. The van der Waals surface area contributed by atoms with E-state index in [1.54, 1.807) is 7.11 Å². The molecule has 0 spiro atoms. The summed E-state index contributed by atoms with van der Waals surface area (Å²) in [6.07, 6.45) is 2.56. The predicted octanol–water partition coefficient (Wildman–Crippen LogP) is 2.72. The van der Waals surface area contributed by atoms with Crippen molar-refractivity contribution in [3.8, 4) is 5.75 Å². The van der Waals surface area contributed by atoms with E-state index < -0.39 is 0 Å². The van der Waals surface area contributed by atoms with Crippen LogP contribution in [0.15, 0.2) is 24.3 Å². The van der Waals surface area contributed by atoms with Crippen molar-refractivity contribution in [3.63, 3.8) is 0 Å². The van der Waals surface area contributed by atoms with E-state index in [-0.39, 0.29) is 5.91 Å². The van der Waals surface area contributed by atoms with Gasteiger partial charge in [-0.3, -0.25) is 4.79 Å². The molecule has 1 saturated heterocycles. The summed E-state index contributed by atoms with van der Waals surface area (Å²) in [6, 6.07) is 7.68. The topological polar surface area (TPSA) is 29.5 Å². The van der Waals surface area contributed by atoms with Gasteiger partial charge >= 0.3 is 0 Å². The first-order valence-corrected chi connectivity index (χ1v) is 7.23. The third-order valence-electron chi connectivity index (χ3n) is 3.67. The Morgan fingerprint density at radius 3 is 2.79 bits per heavy atom. The minimum atomic E-state index is 0.210. The molecule has 1 aliphatic rings. The largest absolute Gasteiger partial charge is 0.497 e. The number of carbonyl (C=O) groups excluding carboxylic acids is 1. The van der Waals surface area contributed by atoms with E-state index >= 15 is 0 Å². The summed E-state index contributed by atoms with van der Waals surface area (Å²) < 4.78 is 5.11. The van der Waals surface area contributed by atoms with Crippen LogP contribution in [0.1, 0.15) is 18.4 Å². The summed E-state index contributed by atoms with van der Waals surface area (Å²) in [7, 11) is 1.64. The summed E-state index contributed by atoms with van der Waals surface area (Å²) in [5.74, 6) is 2.30. The molecule has 0 aliphatic carbocycles. The minimum absolute atomic E-state index is 0.210. The summed E-state index contributed by atoms with van der Waals surface area (Å²) in [4.78, 5) is 14.1. The number of benzene rings is 1. The second-order valence-corrected chi connectivity index (χ2v) is 5.37. The molecule has 0 aromatic heterocycles. The fraction of sp³-hybridized carbons (Fsp3) is 0.533. The molecule has 1 aliphatic heterocycles. The molecule has 3 nitrogen and oxygen atoms in total. The quantitative estimate of drug-likeness (QED) is 0.777. The fourth-order valence-electron chi connectivity index (χ4n) is 2.48. The molecule has 1 heterocycles. The van der Waals surface area contributed by atoms with Crippen LogP contribution in [0.5, 0.6) is 5.75 Å². The Hall–Kier alpha value is -1.22. The van der Waals surface area contributed by atoms with Gasteiger partial charge in [-0.2, -0.15) is 0 Å². The molecule has 4 heteroatoms. The Bertz CT molecular complexity index is 419. The first-order chi connectivity index (χ1) is 9.22. The second kappa shape index (κ2) is 6.80. The summed E-state index contributed by atoms with van der Waals surface area (Å²) in [6.45, 7) is 1.73. The molecule has 0 N–H and O–H groups in total. The lowest BCUT2D eigenvalue weighted by Crippen LogP contribution is -2.30. The van der Waals surface area contributed by atoms with E-state index in [1.165, 1.54) is 0 Å². The number of ether oxygens (including phenoxy) is 1. The molecule has 1 amide bonds. The van der Waals surface area contributed by atoms with Crippen molar-refractivity contribution >= 4 is 17.5 Å². The number of halogens is 1. The molecule has 0 bridgehead atoms. The predicted molar refractivity (Wildman–Crippen MR) is 76.7 cm³/mol. The number of rotatable bonds is 5. The standard InChI is InChI=1S/C15H20ClNO2/c1-19-14-4-2-12(3-5-14)10-15(18)17-9-7-13(11-17)6-8-16/h2-5,13H,6-11H2,1H3. The number of alkyl halides is 1.